The molecule has 21 heavy (non-hydrogen) atoms. The fourth-order valence-electron chi connectivity index (χ4n) is 2.41. The second-order valence-corrected chi connectivity index (χ2v) is 5.06. The molecular weight excluding hydrogens is 260 g/mol. The molecule has 1 N–H and O–H groups in total. The maximum absolute atomic E-state index is 4.73. The molecule has 0 radical (unpaired) electrons. The van der Waals surface area contributed by atoms with Crippen LogP contribution in [0.15, 0.2) is 30.3 Å². The summed E-state index contributed by atoms with van der Waals surface area (Å²) in [6, 6.07) is 10.4. The number of hydrogen-bond acceptors (Lipinski definition) is 4. The van der Waals surface area contributed by atoms with E-state index in [-0.39, 0.29) is 0 Å². The van der Waals surface area contributed by atoms with Crippen molar-refractivity contribution in [3.8, 4) is 0 Å². The van der Waals surface area contributed by atoms with Crippen molar-refractivity contribution >= 4 is 17.3 Å². The average molecular weight is 284 g/mol. The molecule has 0 amide bonds. The van der Waals surface area contributed by atoms with Crippen LogP contribution in [0.3, 0.4) is 0 Å². The molecule has 0 aliphatic rings. The van der Waals surface area contributed by atoms with Gasteiger partial charge in [-0.2, -0.15) is 0 Å². The zero-order valence-electron chi connectivity index (χ0n) is 13.3. The van der Waals surface area contributed by atoms with Crippen LogP contribution in [0.1, 0.15) is 31.7 Å². The molecule has 0 unspecified atom stereocenters. The minimum atomic E-state index is 0.871. The fraction of sp³-hybridized carbons (Fsp3) is 0.412. The van der Waals surface area contributed by atoms with Crippen molar-refractivity contribution in [2.45, 2.75) is 33.6 Å². The van der Waals surface area contributed by atoms with Crippen molar-refractivity contribution in [2.24, 2.45) is 0 Å². The van der Waals surface area contributed by atoms with E-state index >= 15 is 0 Å². The lowest BCUT2D eigenvalue weighted by atomic mass is 10.2. The number of aryl methyl sites for hydroxylation is 2. The summed E-state index contributed by atoms with van der Waals surface area (Å²) in [6.07, 6.45) is 1.94. The minimum Gasteiger partial charge on any atom is -0.373 e. The minimum absolute atomic E-state index is 0.871. The Morgan fingerprint density at radius 1 is 1.14 bits per heavy atom. The molecule has 2 aromatic rings. The molecule has 0 aliphatic carbocycles. The second-order valence-electron chi connectivity index (χ2n) is 5.06. The predicted molar refractivity (Wildman–Crippen MR) is 89.4 cm³/mol. The zero-order chi connectivity index (χ0) is 15.2. The van der Waals surface area contributed by atoms with Gasteiger partial charge in [0.15, 0.2) is 0 Å². The van der Waals surface area contributed by atoms with Gasteiger partial charge in [-0.25, -0.2) is 9.97 Å². The van der Waals surface area contributed by atoms with Crippen molar-refractivity contribution < 1.29 is 0 Å². The Hall–Kier alpha value is -2.10. The molecule has 1 aromatic heterocycles. The molecule has 0 spiro atoms. The van der Waals surface area contributed by atoms with Crippen molar-refractivity contribution in [3.05, 3.63) is 41.7 Å². The van der Waals surface area contributed by atoms with Gasteiger partial charge in [0.2, 0.25) is 0 Å². The molecule has 4 heteroatoms. The Balaban J connectivity index is 2.46. The van der Waals surface area contributed by atoms with Crippen LogP contribution in [0, 0.1) is 6.92 Å². The molecule has 0 saturated heterocycles. The summed E-state index contributed by atoms with van der Waals surface area (Å²) in [4.78, 5) is 11.5. The number of nitrogens with zero attached hydrogens (tertiary/aromatic N) is 3. The van der Waals surface area contributed by atoms with Crippen LogP contribution in [0.2, 0.25) is 0 Å². The number of para-hydroxylation sites is 1. The fourth-order valence-corrected chi connectivity index (χ4v) is 2.41. The van der Waals surface area contributed by atoms with Crippen LogP contribution in [0.25, 0.3) is 0 Å². The highest BCUT2D eigenvalue weighted by molar-refractivity contribution is 5.65. The van der Waals surface area contributed by atoms with Gasteiger partial charge in [0.05, 0.1) is 0 Å². The molecule has 0 aliphatic heterocycles. The first-order chi connectivity index (χ1) is 10.2. The number of nitrogens with one attached hydrogen (secondary N) is 1. The van der Waals surface area contributed by atoms with Crippen LogP contribution in [-0.2, 0) is 6.42 Å². The monoisotopic (exact) mass is 284 g/mol. The van der Waals surface area contributed by atoms with Gasteiger partial charge < -0.3 is 10.2 Å². The smallest absolute Gasteiger partial charge is 0.138 e. The van der Waals surface area contributed by atoms with Crippen LogP contribution < -0.4 is 10.2 Å². The molecule has 0 bridgehead atoms. The van der Waals surface area contributed by atoms with Crippen LogP contribution in [0.5, 0.6) is 0 Å². The number of hydrogen-bond donors (Lipinski definition) is 1. The summed E-state index contributed by atoms with van der Waals surface area (Å²) >= 11 is 0. The quantitative estimate of drug-likeness (QED) is 0.872. The van der Waals surface area contributed by atoms with E-state index < -0.39 is 0 Å². The van der Waals surface area contributed by atoms with Crippen LogP contribution in [0.4, 0.5) is 17.3 Å². The third-order valence-corrected chi connectivity index (χ3v) is 3.49. The van der Waals surface area contributed by atoms with E-state index in [1.165, 1.54) is 11.3 Å². The van der Waals surface area contributed by atoms with Gasteiger partial charge in [0.1, 0.15) is 17.5 Å². The van der Waals surface area contributed by atoms with Crippen molar-refractivity contribution in [3.63, 3.8) is 0 Å². The van der Waals surface area contributed by atoms with E-state index in [9.17, 15) is 0 Å². The number of rotatable bonds is 6. The topological polar surface area (TPSA) is 41.1 Å². The van der Waals surface area contributed by atoms with Gasteiger partial charge in [-0.1, -0.05) is 25.1 Å². The Labute approximate surface area is 127 Å². The molecule has 1 heterocycles. The van der Waals surface area contributed by atoms with Gasteiger partial charge in [-0.05, 0) is 31.9 Å². The van der Waals surface area contributed by atoms with Gasteiger partial charge in [0.25, 0.3) is 0 Å². The van der Waals surface area contributed by atoms with E-state index in [0.717, 1.165) is 36.8 Å². The molecule has 1 aromatic carbocycles. The first-order valence-electron chi connectivity index (χ1n) is 7.58. The summed E-state index contributed by atoms with van der Waals surface area (Å²) in [5.74, 6) is 2.72. The van der Waals surface area contributed by atoms with Crippen molar-refractivity contribution in [1.29, 1.82) is 0 Å². The third kappa shape index (κ3) is 3.51. The maximum Gasteiger partial charge on any atom is 0.138 e. The predicted octanol–water partition coefficient (Wildman–Crippen LogP) is 3.94. The zero-order valence-corrected chi connectivity index (χ0v) is 13.3. The molecule has 0 fully saturated rings. The van der Waals surface area contributed by atoms with Crippen molar-refractivity contribution in [2.75, 3.05) is 23.8 Å². The normalized spacial score (nSPS) is 10.5. The average Bonchev–Trinajstić information content (AvgIpc) is 2.50. The lowest BCUT2D eigenvalue weighted by molar-refractivity contribution is 0.826. The molecule has 0 atom stereocenters. The lowest BCUT2D eigenvalue weighted by Crippen LogP contribution is -2.19. The first-order valence-corrected chi connectivity index (χ1v) is 7.58. The van der Waals surface area contributed by atoms with Crippen LogP contribution in [-0.4, -0.2) is 23.6 Å². The summed E-state index contributed by atoms with van der Waals surface area (Å²) in [5, 5.41) is 3.13. The van der Waals surface area contributed by atoms with E-state index in [0.29, 0.717) is 0 Å². The summed E-state index contributed by atoms with van der Waals surface area (Å²) < 4.78 is 0. The molecule has 2 rings (SSSR count). The summed E-state index contributed by atoms with van der Waals surface area (Å²) in [7, 11) is 1.89. The number of anilines is 3. The van der Waals surface area contributed by atoms with E-state index in [4.69, 9.17) is 4.98 Å². The highest BCUT2D eigenvalue weighted by atomic mass is 15.2. The van der Waals surface area contributed by atoms with E-state index in [1.807, 2.05) is 13.1 Å². The third-order valence-electron chi connectivity index (χ3n) is 3.49. The van der Waals surface area contributed by atoms with E-state index in [2.05, 4.69) is 60.2 Å². The van der Waals surface area contributed by atoms with Gasteiger partial charge in [0, 0.05) is 31.8 Å². The summed E-state index contributed by atoms with van der Waals surface area (Å²) in [5.41, 5.74) is 2.45. The Kier molecular flexibility index (Phi) is 5.14. The highest BCUT2D eigenvalue weighted by Crippen LogP contribution is 2.28. The van der Waals surface area contributed by atoms with Crippen molar-refractivity contribution in [1.82, 2.24) is 9.97 Å². The second kappa shape index (κ2) is 7.07. The highest BCUT2D eigenvalue weighted by Gasteiger charge is 2.13. The summed E-state index contributed by atoms with van der Waals surface area (Å²) in [6.45, 7) is 7.29. The standard InChI is InChI=1S/C17H24N4/c1-5-9-15-19-16(18-4)12-17(20-15)21(6-2)14-11-8-7-10-13(14)3/h7-8,10-12H,5-6,9H2,1-4H3,(H,18,19,20). The largest absolute Gasteiger partial charge is 0.373 e. The Bertz CT molecular complexity index is 595. The molecule has 0 saturated carbocycles. The number of aromatic nitrogens is 2. The van der Waals surface area contributed by atoms with Gasteiger partial charge in [-0.3, -0.25) is 0 Å². The van der Waals surface area contributed by atoms with E-state index in [1.54, 1.807) is 0 Å². The Morgan fingerprint density at radius 3 is 2.52 bits per heavy atom. The Morgan fingerprint density at radius 2 is 1.90 bits per heavy atom. The first kappa shape index (κ1) is 15.3. The SMILES string of the molecule is CCCc1nc(NC)cc(N(CC)c2ccccc2C)n1. The molecule has 112 valence electrons. The maximum atomic E-state index is 4.73. The number of benzene rings is 1. The molecule has 4 nitrogen and oxygen atoms in total. The lowest BCUT2D eigenvalue weighted by Gasteiger charge is -2.24. The van der Waals surface area contributed by atoms with Gasteiger partial charge >= 0.3 is 0 Å². The van der Waals surface area contributed by atoms with Gasteiger partial charge in [-0.15, -0.1) is 0 Å². The molecular formula is C17H24N4. The van der Waals surface area contributed by atoms with Crippen LogP contribution >= 0.6 is 0 Å².